The van der Waals surface area contributed by atoms with Crippen LogP contribution in [-0.2, 0) is 6.42 Å². The molecule has 0 aromatic carbocycles. The zero-order valence-corrected chi connectivity index (χ0v) is 10.7. The van der Waals surface area contributed by atoms with Crippen LogP contribution in [0.4, 0.5) is 0 Å². The van der Waals surface area contributed by atoms with E-state index in [9.17, 15) is 0 Å². The Kier molecular flexibility index (Phi) is 2.95. The van der Waals surface area contributed by atoms with Gasteiger partial charge >= 0.3 is 0 Å². The maximum absolute atomic E-state index is 4.52. The molecule has 1 aliphatic carbocycles. The highest BCUT2D eigenvalue weighted by molar-refractivity contribution is 7.10. The summed E-state index contributed by atoms with van der Waals surface area (Å²) in [4.78, 5) is 5.91. The van der Waals surface area contributed by atoms with Gasteiger partial charge < -0.3 is 5.32 Å². The van der Waals surface area contributed by atoms with E-state index in [2.05, 4.69) is 40.8 Å². The Hall–Kier alpha value is -1.19. The third-order valence-corrected chi connectivity index (χ3v) is 4.43. The summed E-state index contributed by atoms with van der Waals surface area (Å²) in [5.41, 5.74) is 2.65. The Bertz CT molecular complexity index is 493. The first-order chi connectivity index (χ1) is 8.34. The molecule has 2 aromatic rings. The molecular weight excluding hydrogens is 228 g/mol. The molecule has 88 valence electrons. The predicted molar refractivity (Wildman–Crippen MR) is 71.2 cm³/mol. The summed E-state index contributed by atoms with van der Waals surface area (Å²) in [6.07, 6.45) is 4.22. The molecule has 2 nitrogen and oxygen atoms in total. The number of aromatic nitrogens is 1. The third-order valence-electron chi connectivity index (χ3n) is 3.38. The van der Waals surface area contributed by atoms with E-state index in [0.29, 0.717) is 12.1 Å². The molecule has 2 unspecified atom stereocenters. The number of aryl methyl sites for hydroxylation is 1. The van der Waals surface area contributed by atoms with Crippen molar-refractivity contribution >= 4 is 11.3 Å². The number of hydrogen-bond acceptors (Lipinski definition) is 3. The molecule has 2 atom stereocenters. The quantitative estimate of drug-likeness (QED) is 0.894. The fourth-order valence-electron chi connectivity index (χ4n) is 2.50. The average molecular weight is 244 g/mol. The van der Waals surface area contributed by atoms with Gasteiger partial charge in [0, 0.05) is 17.1 Å². The van der Waals surface area contributed by atoms with Gasteiger partial charge in [0.1, 0.15) is 0 Å². The molecule has 3 rings (SSSR count). The van der Waals surface area contributed by atoms with Crippen LogP contribution in [0.5, 0.6) is 0 Å². The number of nitrogens with one attached hydrogen (secondary N) is 1. The first-order valence-corrected chi connectivity index (χ1v) is 6.96. The first kappa shape index (κ1) is 10.9. The number of rotatable bonds is 3. The Morgan fingerprint density at radius 3 is 3.18 bits per heavy atom. The summed E-state index contributed by atoms with van der Waals surface area (Å²) in [6.45, 7) is 2.23. The summed E-state index contributed by atoms with van der Waals surface area (Å²) in [5, 5.41) is 5.82. The van der Waals surface area contributed by atoms with E-state index in [0.717, 1.165) is 6.42 Å². The lowest BCUT2D eigenvalue weighted by molar-refractivity contribution is 0.462. The van der Waals surface area contributed by atoms with Crippen LogP contribution < -0.4 is 5.32 Å². The van der Waals surface area contributed by atoms with Crippen LogP contribution in [0.3, 0.4) is 0 Å². The number of hydrogen-bond donors (Lipinski definition) is 1. The molecule has 1 aliphatic rings. The van der Waals surface area contributed by atoms with Crippen molar-refractivity contribution in [3.05, 3.63) is 52.0 Å². The molecule has 2 aromatic heterocycles. The van der Waals surface area contributed by atoms with Gasteiger partial charge in [0.05, 0.1) is 11.7 Å². The summed E-state index contributed by atoms with van der Waals surface area (Å²) >= 11 is 1.81. The topological polar surface area (TPSA) is 24.9 Å². The zero-order chi connectivity index (χ0) is 11.7. The average Bonchev–Trinajstić information content (AvgIpc) is 2.98. The van der Waals surface area contributed by atoms with E-state index in [4.69, 9.17) is 0 Å². The van der Waals surface area contributed by atoms with Crippen LogP contribution in [0.25, 0.3) is 0 Å². The second-order valence-electron chi connectivity index (χ2n) is 4.54. The molecule has 0 bridgehead atoms. The second-order valence-corrected chi connectivity index (χ2v) is 5.52. The van der Waals surface area contributed by atoms with Crippen molar-refractivity contribution in [2.45, 2.75) is 31.8 Å². The van der Waals surface area contributed by atoms with Crippen LogP contribution in [0.1, 0.15) is 41.6 Å². The SMILES string of the molecule is CC(NC1CCc2cccnc21)c1cccs1. The smallest absolute Gasteiger partial charge is 0.0605 e. The maximum Gasteiger partial charge on any atom is 0.0605 e. The lowest BCUT2D eigenvalue weighted by Crippen LogP contribution is -2.22. The van der Waals surface area contributed by atoms with Gasteiger partial charge in [-0.2, -0.15) is 0 Å². The normalized spacial score (nSPS) is 20.2. The van der Waals surface area contributed by atoms with Crippen molar-refractivity contribution in [2.24, 2.45) is 0 Å². The third kappa shape index (κ3) is 2.13. The number of nitrogens with zero attached hydrogens (tertiary/aromatic N) is 1. The molecule has 1 N–H and O–H groups in total. The van der Waals surface area contributed by atoms with Gasteiger partial charge in [0.25, 0.3) is 0 Å². The van der Waals surface area contributed by atoms with E-state index in [1.54, 1.807) is 0 Å². The van der Waals surface area contributed by atoms with E-state index in [1.807, 2.05) is 23.6 Å². The minimum atomic E-state index is 0.410. The second kappa shape index (κ2) is 4.59. The lowest BCUT2D eigenvalue weighted by Gasteiger charge is -2.18. The molecule has 0 aliphatic heterocycles. The van der Waals surface area contributed by atoms with E-state index in [-0.39, 0.29) is 0 Å². The summed E-state index contributed by atoms with van der Waals surface area (Å²) in [6, 6.07) is 9.36. The Labute approximate surface area is 106 Å². The fraction of sp³-hybridized carbons (Fsp3) is 0.357. The summed E-state index contributed by atoms with van der Waals surface area (Å²) in [5.74, 6) is 0. The molecule has 0 fully saturated rings. The van der Waals surface area contributed by atoms with Gasteiger partial charge in [0.15, 0.2) is 0 Å². The Morgan fingerprint density at radius 1 is 1.41 bits per heavy atom. The maximum atomic E-state index is 4.52. The molecule has 0 saturated carbocycles. The number of thiophene rings is 1. The van der Waals surface area contributed by atoms with Crippen LogP contribution in [-0.4, -0.2) is 4.98 Å². The molecule has 17 heavy (non-hydrogen) atoms. The monoisotopic (exact) mass is 244 g/mol. The summed E-state index contributed by atoms with van der Waals surface area (Å²) in [7, 11) is 0. The van der Waals surface area contributed by atoms with Crippen molar-refractivity contribution in [2.75, 3.05) is 0 Å². The lowest BCUT2D eigenvalue weighted by atomic mass is 10.1. The van der Waals surface area contributed by atoms with E-state index >= 15 is 0 Å². The molecule has 0 spiro atoms. The van der Waals surface area contributed by atoms with Gasteiger partial charge in [0.2, 0.25) is 0 Å². The molecule has 0 amide bonds. The minimum absolute atomic E-state index is 0.410. The van der Waals surface area contributed by atoms with Gasteiger partial charge in [-0.05, 0) is 42.8 Å². The zero-order valence-electron chi connectivity index (χ0n) is 9.89. The number of fused-ring (bicyclic) bond motifs is 1. The van der Waals surface area contributed by atoms with Gasteiger partial charge in [-0.3, -0.25) is 4.98 Å². The molecule has 3 heteroatoms. The van der Waals surface area contributed by atoms with Gasteiger partial charge in [-0.1, -0.05) is 12.1 Å². The van der Waals surface area contributed by atoms with Crippen molar-refractivity contribution in [1.29, 1.82) is 0 Å². The first-order valence-electron chi connectivity index (χ1n) is 6.08. The van der Waals surface area contributed by atoms with Crippen LogP contribution in [0, 0.1) is 0 Å². The molecule has 2 heterocycles. The minimum Gasteiger partial charge on any atom is -0.301 e. The standard InChI is InChI=1S/C14H16N2S/c1-10(13-5-3-9-17-13)16-12-7-6-11-4-2-8-15-14(11)12/h2-5,8-10,12,16H,6-7H2,1H3. The van der Waals surface area contributed by atoms with Crippen LogP contribution >= 0.6 is 11.3 Å². The van der Waals surface area contributed by atoms with E-state index in [1.165, 1.54) is 22.6 Å². The molecular formula is C14H16N2S. The molecule has 0 radical (unpaired) electrons. The van der Waals surface area contributed by atoms with E-state index < -0.39 is 0 Å². The van der Waals surface area contributed by atoms with Crippen molar-refractivity contribution in [1.82, 2.24) is 10.3 Å². The van der Waals surface area contributed by atoms with Gasteiger partial charge in [-0.25, -0.2) is 0 Å². The van der Waals surface area contributed by atoms with Crippen molar-refractivity contribution in [3.63, 3.8) is 0 Å². The van der Waals surface area contributed by atoms with Crippen LogP contribution in [0.2, 0.25) is 0 Å². The number of pyridine rings is 1. The van der Waals surface area contributed by atoms with Crippen LogP contribution in [0.15, 0.2) is 35.8 Å². The predicted octanol–water partition coefficient (Wildman–Crippen LogP) is 3.48. The highest BCUT2D eigenvalue weighted by Crippen LogP contribution is 2.31. The Morgan fingerprint density at radius 2 is 2.35 bits per heavy atom. The largest absolute Gasteiger partial charge is 0.301 e. The molecule has 0 saturated heterocycles. The highest BCUT2D eigenvalue weighted by atomic mass is 32.1. The summed E-state index contributed by atoms with van der Waals surface area (Å²) < 4.78 is 0. The highest BCUT2D eigenvalue weighted by Gasteiger charge is 2.24. The van der Waals surface area contributed by atoms with Crippen molar-refractivity contribution in [3.8, 4) is 0 Å². The van der Waals surface area contributed by atoms with Crippen molar-refractivity contribution < 1.29 is 0 Å². The van der Waals surface area contributed by atoms with Gasteiger partial charge in [-0.15, -0.1) is 11.3 Å². The Balaban J connectivity index is 1.75. The fourth-order valence-corrected chi connectivity index (χ4v) is 3.24.